The van der Waals surface area contributed by atoms with Gasteiger partial charge in [0.15, 0.2) is 0 Å². The Labute approximate surface area is 103 Å². The molecule has 1 amide bonds. The van der Waals surface area contributed by atoms with Crippen molar-refractivity contribution in [2.45, 2.75) is 40.2 Å². The minimum Gasteiger partial charge on any atom is -0.496 e. The summed E-state index contributed by atoms with van der Waals surface area (Å²) in [6, 6.07) is 4.06. The Bertz CT molecular complexity index is 411. The lowest BCUT2D eigenvalue weighted by Gasteiger charge is -2.13. The first-order valence-corrected chi connectivity index (χ1v) is 5.88. The first-order valence-electron chi connectivity index (χ1n) is 5.88. The van der Waals surface area contributed by atoms with Gasteiger partial charge in [0.05, 0.1) is 13.5 Å². The summed E-state index contributed by atoms with van der Waals surface area (Å²) in [7, 11) is 1.66. The van der Waals surface area contributed by atoms with Crippen molar-refractivity contribution in [1.82, 2.24) is 5.32 Å². The second kappa shape index (κ2) is 5.71. The number of carbonyl (C=O) groups is 1. The van der Waals surface area contributed by atoms with Crippen molar-refractivity contribution >= 4 is 5.91 Å². The Hall–Kier alpha value is -1.51. The molecule has 1 aromatic rings. The van der Waals surface area contributed by atoms with E-state index in [9.17, 15) is 4.79 Å². The highest BCUT2D eigenvalue weighted by Crippen LogP contribution is 2.24. The van der Waals surface area contributed by atoms with Crippen molar-refractivity contribution in [2.24, 2.45) is 0 Å². The van der Waals surface area contributed by atoms with Crippen molar-refractivity contribution in [3.63, 3.8) is 0 Å². The lowest BCUT2D eigenvalue weighted by Crippen LogP contribution is -2.31. The van der Waals surface area contributed by atoms with Crippen molar-refractivity contribution in [2.75, 3.05) is 7.11 Å². The SMILES string of the molecule is COc1ccc(CC(=O)NC(C)C)c(C)c1C. The molecule has 0 aromatic heterocycles. The van der Waals surface area contributed by atoms with E-state index in [0.717, 1.165) is 22.4 Å². The lowest BCUT2D eigenvalue weighted by atomic mass is 9.99. The van der Waals surface area contributed by atoms with Gasteiger partial charge < -0.3 is 10.1 Å². The number of amides is 1. The van der Waals surface area contributed by atoms with Gasteiger partial charge in [-0.15, -0.1) is 0 Å². The van der Waals surface area contributed by atoms with E-state index in [1.54, 1.807) is 7.11 Å². The molecule has 0 radical (unpaired) electrons. The van der Waals surface area contributed by atoms with Gasteiger partial charge in [0.25, 0.3) is 0 Å². The van der Waals surface area contributed by atoms with Crippen LogP contribution in [0.15, 0.2) is 12.1 Å². The lowest BCUT2D eigenvalue weighted by molar-refractivity contribution is -0.120. The smallest absolute Gasteiger partial charge is 0.224 e. The number of rotatable bonds is 4. The van der Waals surface area contributed by atoms with Crippen molar-refractivity contribution in [3.8, 4) is 5.75 Å². The first-order chi connectivity index (χ1) is 7.95. The van der Waals surface area contributed by atoms with E-state index >= 15 is 0 Å². The standard InChI is InChI=1S/C14H21NO2/c1-9(2)15-14(16)8-12-6-7-13(17-5)11(4)10(12)3/h6-7,9H,8H2,1-5H3,(H,15,16). The molecule has 0 bridgehead atoms. The van der Waals surface area contributed by atoms with E-state index < -0.39 is 0 Å². The molecule has 1 aromatic carbocycles. The maximum absolute atomic E-state index is 11.7. The summed E-state index contributed by atoms with van der Waals surface area (Å²) in [5, 5.41) is 2.90. The summed E-state index contributed by atoms with van der Waals surface area (Å²) >= 11 is 0. The number of hydrogen-bond acceptors (Lipinski definition) is 2. The van der Waals surface area contributed by atoms with E-state index in [4.69, 9.17) is 4.74 Å². The average molecular weight is 235 g/mol. The van der Waals surface area contributed by atoms with Crippen LogP contribution in [0.3, 0.4) is 0 Å². The molecular weight excluding hydrogens is 214 g/mol. The van der Waals surface area contributed by atoms with E-state index in [1.807, 2.05) is 39.8 Å². The third-order valence-corrected chi connectivity index (χ3v) is 2.87. The Morgan fingerprint density at radius 1 is 1.29 bits per heavy atom. The molecule has 3 heteroatoms. The third kappa shape index (κ3) is 3.48. The molecule has 0 aliphatic rings. The zero-order valence-electron chi connectivity index (χ0n) is 11.3. The highest BCUT2D eigenvalue weighted by Gasteiger charge is 2.10. The summed E-state index contributed by atoms with van der Waals surface area (Å²) in [5.74, 6) is 0.934. The van der Waals surface area contributed by atoms with Crippen LogP contribution in [0.5, 0.6) is 5.75 Å². The molecule has 0 unspecified atom stereocenters. The zero-order valence-corrected chi connectivity index (χ0v) is 11.3. The number of nitrogens with one attached hydrogen (secondary N) is 1. The quantitative estimate of drug-likeness (QED) is 0.870. The molecular formula is C14H21NO2. The summed E-state index contributed by atoms with van der Waals surface area (Å²) in [6.07, 6.45) is 0.425. The molecule has 94 valence electrons. The highest BCUT2D eigenvalue weighted by molar-refractivity contribution is 5.79. The van der Waals surface area contributed by atoms with Gasteiger partial charge >= 0.3 is 0 Å². The largest absolute Gasteiger partial charge is 0.496 e. The molecule has 0 atom stereocenters. The van der Waals surface area contributed by atoms with Crippen molar-refractivity contribution in [1.29, 1.82) is 0 Å². The molecule has 3 nitrogen and oxygen atoms in total. The van der Waals surface area contributed by atoms with Crippen molar-refractivity contribution < 1.29 is 9.53 Å². The van der Waals surface area contributed by atoms with Crippen LogP contribution in [0.1, 0.15) is 30.5 Å². The Kier molecular flexibility index (Phi) is 4.55. The molecule has 17 heavy (non-hydrogen) atoms. The number of carbonyl (C=O) groups excluding carboxylic acids is 1. The summed E-state index contributed by atoms with van der Waals surface area (Å²) in [6.45, 7) is 7.96. The number of hydrogen-bond donors (Lipinski definition) is 1. The summed E-state index contributed by atoms with van der Waals surface area (Å²) in [4.78, 5) is 11.7. The predicted octanol–water partition coefficient (Wildman–Crippen LogP) is 2.38. The third-order valence-electron chi connectivity index (χ3n) is 2.87. The van der Waals surface area contributed by atoms with Gasteiger partial charge in [-0.3, -0.25) is 4.79 Å². The van der Waals surface area contributed by atoms with Crippen LogP contribution >= 0.6 is 0 Å². The van der Waals surface area contributed by atoms with Crippen LogP contribution in [0.2, 0.25) is 0 Å². The molecule has 0 spiro atoms. The zero-order chi connectivity index (χ0) is 13.0. The monoisotopic (exact) mass is 235 g/mol. The molecule has 0 saturated heterocycles. The van der Waals surface area contributed by atoms with Crippen LogP contribution in [-0.2, 0) is 11.2 Å². The Morgan fingerprint density at radius 3 is 2.47 bits per heavy atom. The molecule has 1 rings (SSSR count). The fraction of sp³-hybridized carbons (Fsp3) is 0.500. The van der Waals surface area contributed by atoms with Crippen LogP contribution in [0.4, 0.5) is 0 Å². The maximum Gasteiger partial charge on any atom is 0.224 e. The topological polar surface area (TPSA) is 38.3 Å². The van der Waals surface area contributed by atoms with Gasteiger partial charge in [0.1, 0.15) is 5.75 Å². The summed E-state index contributed by atoms with van der Waals surface area (Å²) in [5.41, 5.74) is 3.28. The van der Waals surface area contributed by atoms with Gasteiger partial charge in [-0.1, -0.05) is 6.07 Å². The number of methoxy groups -OCH3 is 1. The van der Waals surface area contributed by atoms with Crippen molar-refractivity contribution in [3.05, 3.63) is 28.8 Å². The average Bonchev–Trinajstić information content (AvgIpc) is 2.24. The predicted molar refractivity (Wildman–Crippen MR) is 69.5 cm³/mol. The Morgan fingerprint density at radius 2 is 1.94 bits per heavy atom. The first kappa shape index (κ1) is 13.6. The van der Waals surface area contributed by atoms with Gasteiger partial charge in [0.2, 0.25) is 5.91 Å². The highest BCUT2D eigenvalue weighted by atomic mass is 16.5. The fourth-order valence-electron chi connectivity index (χ4n) is 1.81. The molecule has 0 aliphatic carbocycles. The van der Waals surface area contributed by atoms with E-state index in [-0.39, 0.29) is 11.9 Å². The second-order valence-corrected chi connectivity index (χ2v) is 4.58. The van der Waals surface area contributed by atoms with Gasteiger partial charge in [-0.2, -0.15) is 0 Å². The van der Waals surface area contributed by atoms with Crippen LogP contribution in [0.25, 0.3) is 0 Å². The van der Waals surface area contributed by atoms with E-state index in [0.29, 0.717) is 6.42 Å². The van der Waals surface area contributed by atoms with Crippen LogP contribution in [-0.4, -0.2) is 19.1 Å². The van der Waals surface area contributed by atoms with E-state index in [2.05, 4.69) is 5.32 Å². The molecule has 0 saturated carbocycles. The molecule has 0 fully saturated rings. The molecule has 0 heterocycles. The normalized spacial score (nSPS) is 10.5. The second-order valence-electron chi connectivity index (χ2n) is 4.58. The molecule has 0 aliphatic heterocycles. The maximum atomic E-state index is 11.7. The van der Waals surface area contributed by atoms with E-state index in [1.165, 1.54) is 0 Å². The summed E-state index contributed by atoms with van der Waals surface area (Å²) < 4.78 is 5.25. The molecule has 1 N–H and O–H groups in total. The fourth-order valence-corrected chi connectivity index (χ4v) is 1.81. The van der Waals surface area contributed by atoms with Gasteiger partial charge in [0, 0.05) is 6.04 Å². The minimum absolute atomic E-state index is 0.0627. The van der Waals surface area contributed by atoms with Gasteiger partial charge in [-0.25, -0.2) is 0 Å². The minimum atomic E-state index is 0.0627. The van der Waals surface area contributed by atoms with Crippen LogP contribution < -0.4 is 10.1 Å². The van der Waals surface area contributed by atoms with Gasteiger partial charge in [-0.05, 0) is 50.5 Å². The number of ether oxygens (including phenoxy) is 1. The number of benzene rings is 1. The Balaban J connectivity index is 2.86. The van der Waals surface area contributed by atoms with Crippen LogP contribution in [0, 0.1) is 13.8 Å².